The van der Waals surface area contributed by atoms with Crippen molar-refractivity contribution in [3.05, 3.63) is 94.1 Å². The van der Waals surface area contributed by atoms with Gasteiger partial charge >= 0.3 is 0 Å². The normalized spacial score (nSPS) is 17.1. The van der Waals surface area contributed by atoms with Crippen LogP contribution in [0.2, 0.25) is 0 Å². The summed E-state index contributed by atoms with van der Waals surface area (Å²) in [6.07, 6.45) is 0. The zero-order chi connectivity index (χ0) is 27.8. The Hall–Kier alpha value is -4.06. The SMILES string of the molecule is CCOc1ccc(/C(O)=C2/C(=O)C(=O)N(c3cccc(C)c3C)C2c2ccc(OC)cc2)cc1C(C)(C)C. The van der Waals surface area contributed by atoms with Crippen LogP contribution < -0.4 is 14.4 Å². The average molecular weight is 514 g/mol. The summed E-state index contributed by atoms with van der Waals surface area (Å²) in [6.45, 7) is 12.5. The molecule has 0 bridgehead atoms. The fourth-order valence-electron chi connectivity index (χ4n) is 4.88. The van der Waals surface area contributed by atoms with E-state index in [1.807, 2.05) is 63.2 Å². The third kappa shape index (κ3) is 4.78. The first kappa shape index (κ1) is 27.0. The van der Waals surface area contributed by atoms with Gasteiger partial charge in [0.05, 0.1) is 25.3 Å². The Bertz CT molecular complexity index is 1410. The van der Waals surface area contributed by atoms with E-state index < -0.39 is 17.7 Å². The molecule has 1 aliphatic rings. The average Bonchev–Trinajstić information content (AvgIpc) is 3.15. The molecule has 1 heterocycles. The molecule has 6 heteroatoms. The van der Waals surface area contributed by atoms with Crippen molar-refractivity contribution in [1.82, 2.24) is 0 Å². The van der Waals surface area contributed by atoms with Crippen LogP contribution in [0.15, 0.2) is 66.2 Å². The van der Waals surface area contributed by atoms with Crippen LogP contribution in [0, 0.1) is 13.8 Å². The van der Waals surface area contributed by atoms with Crippen molar-refractivity contribution >= 4 is 23.1 Å². The number of rotatable bonds is 6. The summed E-state index contributed by atoms with van der Waals surface area (Å²) in [5.41, 5.74) is 4.34. The highest BCUT2D eigenvalue weighted by Gasteiger charge is 2.47. The van der Waals surface area contributed by atoms with Gasteiger partial charge in [0.1, 0.15) is 17.3 Å². The van der Waals surface area contributed by atoms with Gasteiger partial charge in [-0.2, -0.15) is 0 Å². The number of carbonyl (C=O) groups is 2. The number of benzene rings is 3. The molecule has 6 nitrogen and oxygen atoms in total. The lowest BCUT2D eigenvalue weighted by Gasteiger charge is -2.27. The molecule has 0 aromatic heterocycles. The van der Waals surface area contributed by atoms with Gasteiger partial charge in [-0.25, -0.2) is 0 Å². The second kappa shape index (κ2) is 10.4. The van der Waals surface area contributed by atoms with Gasteiger partial charge in [-0.3, -0.25) is 14.5 Å². The second-order valence-corrected chi connectivity index (χ2v) is 10.6. The highest BCUT2D eigenvalue weighted by Crippen LogP contribution is 2.44. The van der Waals surface area contributed by atoms with Crippen LogP contribution in [0.3, 0.4) is 0 Å². The minimum absolute atomic E-state index is 0.0464. The van der Waals surface area contributed by atoms with Crippen molar-refractivity contribution in [2.24, 2.45) is 0 Å². The summed E-state index contributed by atoms with van der Waals surface area (Å²) in [5, 5.41) is 11.7. The topological polar surface area (TPSA) is 76.1 Å². The van der Waals surface area contributed by atoms with Crippen LogP contribution in [-0.4, -0.2) is 30.5 Å². The number of ether oxygens (including phenoxy) is 2. The number of methoxy groups -OCH3 is 1. The van der Waals surface area contributed by atoms with Crippen molar-refractivity contribution < 1.29 is 24.2 Å². The summed E-state index contributed by atoms with van der Waals surface area (Å²) in [7, 11) is 1.58. The Morgan fingerprint density at radius 2 is 1.68 bits per heavy atom. The minimum Gasteiger partial charge on any atom is -0.507 e. The molecule has 1 fully saturated rings. The Kier molecular flexibility index (Phi) is 7.36. The number of anilines is 1. The van der Waals surface area contributed by atoms with E-state index in [1.54, 1.807) is 25.3 Å². The first-order chi connectivity index (χ1) is 18.0. The van der Waals surface area contributed by atoms with Gasteiger partial charge < -0.3 is 14.6 Å². The van der Waals surface area contributed by atoms with E-state index in [0.717, 1.165) is 22.4 Å². The van der Waals surface area contributed by atoms with E-state index in [1.165, 1.54) is 4.90 Å². The van der Waals surface area contributed by atoms with Crippen LogP contribution in [0.5, 0.6) is 11.5 Å². The summed E-state index contributed by atoms with van der Waals surface area (Å²) >= 11 is 0. The van der Waals surface area contributed by atoms with Gasteiger partial charge in [0.25, 0.3) is 11.7 Å². The molecule has 4 rings (SSSR count). The van der Waals surface area contributed by atoms with E-state index >= 15 is 0 Å². The summed E-state index contributed by atoms with van der Waals surface area (Å²) in [5.74, 6) is -0.248. The van der Waals surface area contributed by atoms with Crippen LogP contribution in [0.1, 0.15) is 61.6 Å². The fourth-order valence-corrected chi connectivity index (χ4v) is 4.88. The van der Waals surface area contributed by atoms with Crippen molar-refractivity contribution in [2.45, 2.75) is 53.0 Å². The minimum atomic E-state index is -0.814. The fraction of sp³-hybridized carbons (Fsp3) is 0.312. The molecule has 3 aromatic rings. The maximum Gasteiger partial charge on any atom is 0.300 e. The first-order valence-corrected chi connectivity index (χ1v) is 12.8. The van der Waals surface area contributed by atoms with Crippen molar-refractivity contribution in [3.63, 3.8) is 0 Å². The molecule has 1 saturated heterocycles. The van der Waals surface area contributed by atoms with Gasteiger partial charge in [0, 0.05) is 16.8 Å². The molecule has 0 radical (unpaired) electrons. The second-order valence-electron chi connectivity index (χ2n) is 10.6. The van der Waals surface area contributed by atoms with E-state index in [-0.39, 0.29) is 16.7 Å². The summed E-state index contributed by atoms with van der Waals surface area (Å²) in [6, 6.07) is 17.4. The number of aliphatic hydroxyl groups is 1. The van der Waals surface area contributed by atoms with E-state index in [4.69, 9.17) is 9.47 Å². The molecular weight excluding hydrogens is 478 g/mol. The number of nitrogens with zero attached hydrogens (tertiary/aromatic N) is 1. The molecule has 0 aliphatic carbocycles. The van der Waals surface area contributed by atoms with Gasteiger partial charge in [-0.1, -0.05) is 45.0 Å². The van der Waals surface area contributed by atoms with E-state index in [2.05, 4.69) is 20.8 Å². The lowest BCUT2D eigenvalue weighted by Crippen LogP contribution is -2.30. The zero-order valence-electron chi connectivity index (χ0n) is 23.1. The van der Waals surface area contributed by atoms with Crippen LogP contribution in [0.4, 0.5) is 5.69 Å². The number of aliphatic hydroxyl groups excluding tert-OH is 1. The maximum absolute atomic E-state index is 13.6. The molecule has 0 saturated carbocycles. The van der Waals surface area contributed by atoms with Crippen LogP contribution in [-0.2, 0) is 15.0 Å². The van der Waals surface area contributed by atoms with Gasteiger partial charge in [0.15, 0.2) is 0 Å². The number of Topliss-reactive ketones (excluding diaryl/α,β-unsaturated/α-hetero) is 1. The molecule has 38 heavy (non-hydrogen) atoms. The highest BCUT2D eigenvalue weighted by molar-refractivity contribution is 6.51. The molecule has 1 N–H and O–H groups in total. The number of aryl methyl sites for hydroxylation is 1. The van der Waals surface area contributed by atoms with Crippen molar-refractivity contribution in [1.29, 1.82) is 0 Å². The molecule has 198 valence electrons. The van der Waals surface area contributed by atoms with Crippen LogP contribution in [0.25, 0.3) is 5.76 Å². The molecule has 1 atom stereocenters. The number of amides is 1. The van der Waals surface area contributed by atoms with E-state index in [0.29, 0.717) is 29.2 Å². The molecule has 3 aromatic carbocycles. The monoisotopic (exact) mass is 513 g/mol. The summed E-state index contributed by atoms with van der Waals surface area (Å²) < 4.78 is 11.2. The molecule has 1 amide bonds. The van der Waals surface area contributed by atoms with Gasteiger partial charge in [0.2, 0.25) is 0 Å². The zero-order valence-corrected chi connectivity index (χ0v) is 23.1. The first-order valence-electron chi connectivity index (χ1n) is 12.8. The molecule has 1 aliphatic heterocycles. The number of hydrogen-bond acceptors (Lipinski definition) is 5. The Morgan fingerprint density at radius 1 is 1.00 bits per heavy atom. The smallest absolute Gasteiger partial charge is 0.300 e. The molecular formula is C32H35NO5. The number of carbonyl (C=O) groups excluding carboxylic acids is 2. The van der Waals surface area contributed by atoms with Gasteiger partial charge in [-0.15, -0.1) is 0 Å². The third-order valence-corrected chi connectivity index (χ3v) is 7.07. The lowest BCUT2D eigenvalue weighted by molar-refractivity contribution is -0.132. The Morgan fingerprint density at radius 3 is 2.29 bits per heavy atom. The highest BCUT2D eigenvalue weighted by atomic mass is 16.5. The Labute approximate surface area is 224 Å². The standard InChI is InChI=1S/C32H35NO5/c1-8-38-26-17-14-22(18-24(26)32(4,5)6)29(34)27-28(21-12-15-23(37-7)16-13-21)33(31(36)30(27)35)25-11-9-10-19(2)20(25)3/h9-18,28,34H,8H2,1-7H3/b29-27-. The maximum atomic E-state index is 13.6. The van der Waals surface area contributed by atoms with E-state index in [9.17, 15) is 14.7 Å². The molecule has 1 unspecified atom stereocenters. The predicted molar refractivity (Wildman–Crippen MR) is 150 cm³/mol. The Balaban J connectivity index is 1.97. The molecule has 0 spiro atoms. The number of ketones is 1. The quantitative estimate of drug-likeness (QED) is 0.227. The largest absolute Gasteiger partial charge is 0.507 e. The summed E-state index contributed by atoms with van der Waals surface area (Å²) in [4.78, 5) is 28.7. The van der Waals surface area contributed by atoms with Crippen molar-refractivity contribution in [2.75, 3.05) is 18.6 Å². The van der Waals surface area contributed by atoms with Crippen molar-refractivity contribution in [3.8, 4) is 11.5 Å². The predicted octanol–water partition coefficient (Wildman–Crippen LogP) is 6.63. The number of hydrogen-bond donors (Lipinski definition) is 1. The lowest BCUT2D eigenvalue weighted by atomic mass is 9.84. The van der Waals surface area contributed by atoms with Crippen LogP contribution >= 0.6 is 0 Å². The van der Waals surface area contributed by atoms with Gasteiger partial charge in [-0.05, 0) is 79.3 Å². The third-order valence-electron chi connectivity index (χ3n) is 7.07.